The Kier molecular flexibility index (Phi) is 3.91. The van der Waals surface area contributed by atoms with E-state index in [1.165, 1.54) is 5.69 Å². The van der Waals surface area contributed by atoms with E-state index in [1.54, 1.807) is 7.11 Å². The molecule has 2 aromatic heterocycles. The molecule has 3 aromatic rings. The van der Waals surface area contributed by atoms with E-state index in [2.05, 4.69) is 43.1 Å². The van der Waals surface area contributed by atoms with Crippen LogP contribution >= 0.6 is 0 Å². The maximum Gasteiger partial charge on any atom is 0.254 e. The van der Waals surface area contributed by atoms with Gasteiger partial charge in [-0.05, 0) is 26.0 Å². The van der Waals surface area contributed by atoms with Crippen LogP contribution < -0.4 is 14.5 Å². The van der Waals surface area contributed by atoms with Crippen LogP contribution in [-0.2, 0) is 0 Å². The van der Waals surface area contributed by atoms with Crippen molar-refractivity contribution in [2.75, 3.05) is 43.1 Å². The summed E-state index contributed by atoms with van der Waals surface area (Å²) in [5.74, 6) is 3.37. The Morgan fingerprint density at radius 2 is 1.72 bits per heavy atom. The number of nitrogens with zero attached hydrogens (tertiary/aromatic N) is 6. The van der Waals surface area contributed by atoms with Crippen LogP contribution in [0.3, 0.4) is 0 Å². The van der Waals surface area contributed by atoms with Crippen LogP contribution in [0.2, 0.25) is 0 Å². The Balaban J connectivity index is 1.56. The second-order valence-corrected chi connectivity index (χ2v) is 6.30. The largest absolute Gasteiger partial charge is 0.497 e. The van der Waals surface area contributed by atoms with Crippen LogP contribution in [0.15, 0.2) is 30.3 Å². The average Bonchev–Trinajstić information content (AvgIpc) is 3.01. The molecule has 0 atom stereocenters. The number of anilines is 2. The minimum atomic E-state index is 0.669. The van der Waals surface area contributed by atoms with Crippen LogP contribution in [-0.4, -0.2) is 52.9 Å². The fraction of sp³-hybridized carbons (Fsp3) is 0.389. The molecular weight excluding hydrogens is 316 g/mol. The first-order valence-corrected chi connectivity index (χ1v) is 8.49. The van der Waals surface area contributed by atoms with Gasteiger partial charge in [0.2, 0.25) is 0 Å². The molecule has 1 aliphatic rings. The topological polar surface area (TPSA) is 58.8 Å². The van der Waals surface area contributed by atoms with E-state index in [4.69, 9.17) is 4.74 Å². The van der Waals surface area contributed by atoms with Gasteiger partial charge in [-0.15, -0.1) is 5.10 Å². The summed E-state index contributed by atoms with van der Waals surface area (Å²) in [5.41, 5.74) is 2.16. The van der Waals surface area contributed by atoms with Gasteiger partial charge < -0.3 is 14.5 Å². The van der Waals surface area contributed by atoms with Gasteiger partial charge in [-0.2, -0.15) is 9.50 Å². The number of methoxy groups -OCH3 is 1. The number of hydrogen-bond acceptors (Lipinski definition) is 6. The summed E-state index contributed by atoms with van der Waals surface area (Å²) >= 11 is 0. The van der Waals surface area contributed by atoms with Crippen LogP contribution in [0.4, 0.5) is 11.5 Å². The minimum Gasteiger partial charge on any atom is -0.497 e. The van der Waals surface area contributed by atoms with Crippen molar-refractivity contribution in [1.82, 2.24) is 19.6 Å². The summed E-state index contributed by atoms with van der Waals surface area (Å²) in [7, 11) is 1.70. The summed E-state index contributed by atoms with van der Waals surface area (Å²) in [6, 6.07) is 10.3. The third kappa shape index (κ3) is 2.97. The number of aryl methyl sites for hydroxylation is 2. The number of rotatable bonds is 3. The summed E-state index contributed by atoms with van der Waals surface area (Å²) in [6.45, 7) is 7.64. The van der Waals surface area contributed by atoms with Gasteiger partial charge in [0, 0.05) is 49.7 Å². The highest BCUT2D eigenvalue weighted by Gasteiger charge is 2.21. The number of benzene rings is 1. The molecule has 0 spiro atoms. The van der Waals surface area contributed by atoms with Crippen LogP contribution in [0.5, 0.6) is 5.75 Å². The third-order valence-corrected chi connectivity index (χ3v) is 4.55. The van der Waals surface area contributed by atoms with Crippen molar-refractivity contribution in [2.45, 2.75) is 13.8 Å². The van der Waals surface area contributed by atoms with E-state index in [0.717, 1.165) is 49.3 Å². The van der Waals surface area contributed by atoms with E-state index < -0.39 is 0 Å². The second kappa shape index (κ2) is 6.23. The molecule has 0 bridgehead atoms. The zero-order valence-corrected chi connectivity index (χ0v) is 14.8. The molecule has 0 radical (unpaired) electrons. The van der Waals surface area contributed by atoms with Crippen molar-refractivity contribution < 1.29 is 4.74 Å². The molecule has 130 valence electrons. The van der Waals surface area contributed by atoms with E-state index >= 15 is 0 Å². The van der Waals surface area contributed by atoms with Gasteiger partial charge in [0.15, 0.2) is 0 Å². The Bertz CT molecular complexity index is 898. The number of hydrogen-bond donors (Lipinski definition) is 0. The SMILES string of the molecule is COc1cccc(N2CCN(c3cc(C)nc4nc(C)nn34)CC2)c1. The molecule has 4 rings (SSSR count). The van der Waals surface area contributed by atoms with Gasteiger partial charge in [-0.25, -0.2) is 4.98 Å². The lowest BCUT2D eigenvalue weighted by Gasteiger charge is -2.37. The lowest BCUT2D eigenvalue weighted by molar-refractivity contribution is 0.414. The minimum absolute atomic E-state index is 0.669. The maximum atomic E-state index is 5.34. The Morgan fingerprint density at radius 1 is 0.960 bits per heavy atom. The smallest absolute Gasteiger partial charge is 0.254 e. The first kappa shape index (κ1) is 15.7. The van der Waals surface area contributed by atoms with Gasteiger partial charge in [-0.1, -0.05) is 6.07 Å². The number of ether oxygens (including phenoxy) is 1. The standard InChI is InChI=1S/C18H22N6O/c1-13-11-17(24-18(19-13)20-14(2)21-24)23-9-7-22(8-10-23)15-5-4-6-16(12-15)25-3/h4-6,11-12H,7-10H2,1-3H3. The zero-order valence-electron chi connectivity index (χ0n) is 14.8. The highest BCUT2D eigenvalue weighted by Crippen LogP contribution is 2.24. The van der Waals surface area contributed by atoms with E-state index in [-0.39, 0.29) is 0 Å². The van der Waals surface area contributed by atoms with E-state index in [0.29, 0.717) is 5.78 Å². The molecule has 0 N–H and O–H groups in total. The van der Waals surface area contributed by atoms with Gasteiger partial charge in [0.1, 0.15) is 17.4 Å². The fourth-order valence-electron chi connectivity index (χ4n) is 3.29. The van der Waals surface area contributed by atoms with Crippen molar-refractivity contribution in [1.29, 1.82) is 0 Å². The van der Waals surface area contributed by atoms with E-state index in [9.17, 15) is 0 Å². The predicted molar refractivity (Wildman–Crippen MR) is 97.7 cm³/mol. The highest BCUT2D eigenvalue weighted by molar-refractivity contribution is 5.54. The predicted octanol–water partition coefficient (Wildman–Crippen LogP) is 2.08. The van der Waals surface area contributed by atoms with Gasteiger partial charge in [0.25, 0.3) is 5.78 Å². The van der Waals surface area contributed by atoms with Gasteiger partial charge in [-0.3, -0.25) is 0 Å². The first-order chi connectivity index (χ1) is 12.1. The van der Waals surface area contributed by atoms with Crippen molar-refractivity contribution in [2.24, 2.45) is 0 Å². The summed E-state index contributed by atoms with van der Waals surface area (Å²) in [5, 5.41) is 4.50. The molecule has 0 saturated carbocycles. The number of piperazine rings is 1. The number of aromatic nitrogens is 4. The third-order valence-electron chi connectivity index (χ3n) is 4.55. The van der Waals surface area contributed by atoms with Gasteiger partial charge in [0.05, 0.1) is 7.11 Å². The quantitative estimate of drug-likeness (QED) is 0.729. The van der Waals surface area contributed by atoms with Crippen LogP contribution in [0.1, 0.15) is 11.5 Å². The lowest BCUT2D eigenvalue weighted by Crippen LogP contribution is -2.47. The highest BCUT2D eigenvalue weighted by atomic mass is 16.5. The summed E-state index contributed by atoms with van der Waals surface area (Å²) in [6.07, 6.45) is 0. The Labute approximate surface area is 146 Å². The normalized spacial score (nSPS) is 15.0. The van der Waals surface area contributed by atoms with E-state index in [1.807, 2.05) is 30.5 Å². The van der Waals surface area contributed by atoms with Crippen LogP contribution in [0.25, 0.3) is 5.78 Å². The summed E-state index contributed by atoms with van der Waals surface area (Å²) in [4.78, 5) is 13.6. The van der Waals surface area contributed by atoms with Crippen LogP contribution in [0, 0.1) is 13.8 Å². The maximum absolute atomic E-state index is 5.34. The molecule has 0 unspecified atom stereocenters. The Hall–Kier alpha value is -2.83. The van der Waals surface area contributed by atoms with Crippen molar-refractivity contribution in [3.63, 3.8) is 0 Å². The second-order valence-electron chi connectivity index (χ2n) is 6.30. The molecule has 1 aromatic carbocycles. The fourth-order valence-corrected chi connectivity index (χ4v) is 3.29. The first-order valence-electron chi connectivity index (χ1n) is 8.49. The average molecular weight is 338 g/mol. The molecule has 1 fully saturated rings. The van der Waals surface area contributed by atoms with Crippen molar-refractivity contribution in [3.8, 4) is 5.75 Å². The van der Waals surface area contributed by atoms with Gasteiger partial charge >= 0.3 is 0 Å². The molecule has 0 amide bonds. The molecule has 1 aliphatic heterocycles. The van der Waals surface area contributed by atoms with Crippen molar-refractivity contribution in [3.05, 3.63) is 41.9 Å². The molecule has 0 aliphatic carbocycles. The lowest BCUT2D eigenvalue weighted by atomic mass is 10.2. The zero-order chi connectivity index (χ0) is 17.4. The molecule has 3 heterocycles. The molecule has 1 saturated heterocycles. The monoisotopic (exact) mass is 338 g/mol. The van der Waals surface area contributed by atoms with Crippen molar-refractivity contribution >= 4 is 17.3 Å². The molecular formula is C18H22N6O. The molecule has 25 heavy (non-hydrogen) atoms. The number of fused-ring (bicyclic) bond motifs is 1. The summed E-state index contributed by atoms with van der Waals surface area (Å²) < 4.78 is 7.19. The molecule has 7 heteroatoms. The molecule has 7 nitrogen and oxygen atoms in total. The Morgan fingerprint density at radius 3 is 2.48 bits per heavy atom.